The van der Waals surface area contributed by atoms with Gasteiger partial charge in [-0.1, -0.05) is 0 Å². The van der Waals surface area contributed by atoms with Crippen LogP contribution in [0.15, 0.2) is 11.6 Å². The fourth-order valence-electron chi connectivity index (χ4n) is 1.81. The predicted octanol–water partition coefficient (Wildman–Crippen LogP) is 1.38. The maximum Gasteiger partial charge on any atom is 0.317 e. The highest BCUT2D eigenvalue weighted by atomic mass is 32.1. The summed E-state index contributed by atoms with van der Waals surface area (Å²) < 4.78 is 0. The molecule has 0 unspecified atom stereocenters. The van der Waals surface area contributed by atoms with E-state index < -0.39 is 0 Å². The lowest BCUT2D eigenvalue weighted by molar-refractivity contribution is 0.192. The first-order chi connectivity index (χ1) is 8.16. The zero-order valence-electron chi connectivity index (χ0n) is 10.2. The average Bonchev–Trinajstić information content (AvgIpc) is 2.82. The van der Waals surface area contributed by atoms with Crippen LogP contribution in [0.4, 0.5) is 9.93 Å². The molecule has 0 atom stereocenters. The van der Waals surface area contributed by atoms with E-state index in [0.717, 1.165) is 31.3 Å². The number of urea groups is 1. The van der Waals surface area contributed by atoms with Gasteiger partial charge in [-0.2, -0.15) is 0 Å². The van der Waals surface area contributed by atoms with Crippen molar-refractivity contribution in [1.82, 2.24) is 15.2 Å². The molecule has 5 nitrogen and oxygen atoms in total. The van der Waals surface area contributed by atoms with Gasteiger partial charge >= 0.3 is 6.03 Å². The molecule has 1 saturated heterocycles. The third-order valence-electron chi connectivity index (χ3n) is 2.67. The molecule has 17 heavy (non-hydrogen) atoms. The van der Waals surface area contributed by atoms with Crippen LogP contribution in [0.5, 0.6) is 0 Å². The van der Waals surface area contributed by atoms with Crippen molar-refractivity contribution >= 4 is 22.5 Å². The van der Waals surface area contributed by atoms with Gasteiger partial charge < -0.3 is 15.1 Å². The first-order valence-corrected chi connectivity index (χ1v) is 6.74. The number of piperazine rings is 1. The van der Waals surface area contributed by atoms with Gasteiger partial charge in [0.05, 0.1) is 0 Å². The van der Waals surface area contributed by atoms with Gasteiger partial charge in [-0.05, 0) is 13.8 Å². The number of thiazole rings is 1. The van der Waals surface area contributed by atoms with E-state index in [-0.39, 0.29) is 12.1 Å². The summed E-state index contributed by atoms with van der Waals surface area (Å²) >= 11 is 1.65. The fourth-order valence-corrected chi connectivity index (χ4v) is 2.51. The van der Waals surface area contributed by atoms with Crippen LogP contribution >= 0.6 is 11.3 Å². The molecular weight excluding hydrogens is 236 g/mol. The molecule has 0 radical (unpaired) electrons. The summed E-state index contributed by atoms with van der Waals surface area (Å²) in [5.74, 6) is 0. The van der Waals surface area contributed by atoms with E-state index in [4.69, 9.17) is 0 Å². The average molecular weight is 254 g/mol. The van der Waals surface area contributed by atoms with Crippen LogP contribution in [0.3, 0.4) is 0 Å². The second-order valence-electron chi connectivity index (χ2n) is 4.39. The first kappa shape index (κ1) is 12.2. The van der Waals surface area contributed by atoms with Gasteiger partial charge in [-0.3, -0.25) is 0 Å². The minimum absolute atomic E-state index is 0.0405. The Balaban J connectivity index is 1.84. The van der Waals surface area contributed by atoms with Crippen molar-refractivity contribution in [3.05, 3.63) is 11.6 Å². The van der Waals surface area contributed by atoms with Crippen molar-refractivity contribution in [2.75, 3.05) is 31.1 Å². The van der Waals surface area contributed by atoms with E-state index in [2.05, 4.69) is 15.2 Å². The van der Waals surface area contributed by atoms with E-state index in [1.54, 1.807) is 11.3 Å². The van der Waals surface area contributed by atoms with Crippen LogP contribution in [0.2, 0.25) is 0 Å². The number of nitrogens with zero attached hydrogens (tertiary/aromatic N) is 3. The first-order valence-electron chi connectivity index (χ1n) is 5.86. The Hall–Kier alpha value is -1.30. The van der Waals surface area contributed by atoms with Crippen LogP contribution in [-0.2, 0) is 0 Å². The molecule has 0 aromatic carbocycles. The molecule has 1 aliphatic heterocycles. The van der Waals surface area contributed by atoms with Crippen LogP contribution in [0.25, 0.3) is 0 Å². The lowest BCUT2D eigenvalue weighted by Gasteiger charge is -2.34. The minimum Gasteiger partial charge on any atom is -0.345 e. The van der Waals surface area contributed by atoms with Crippen molar-refractivity contribution in [1.29, 1.82) is 0 Å². The summed E-state index contributed by atoms with van der Waals surface area (Å²) in [7, 11) is 0. The highest BCUT2D eigenvalue weighted by Crippen LogP contribution is 2.18. The van der Waals surface area contributed by atoms with Gasteiger partial charge in [0.15, 0.2) is 5.13 Å². The van der Waals surface area contributed by atoms with Crippen molar-refractivity contribution in [3.8, 4) is 0 Å². The Morgan fingerprint density at radius 1 is 1.41 bits per heavy atom. The van der Waals surface area contributed by atoms with Gasteiger partial charge in [0.25, 0.3) is 0 Å². The number of anilines is 1. The molecule has 1 aromatic heterocycles. The lowest BCUT2D eigenvalue weighted by Crippen LogP contribution is -2.52. The summed E-state index contributed by atoms with van der Waals surface area (Å²) in [5.41, 5.74) is 0. The highest BCUT2D eigenvalue weighted by molar-refractivity contribution is 7.13. The van der Waals surface area contributed by atoms with Crippen LogP contribution in [0, 0.1) is 0 Å². The number of amides is 2. The standard InChI is InChI=1S/C11H18N4OS/c1-9(2)13-10(16)14-4-6-15(7-5-14)11-12-3-8-17-11/h3,8-9H,4-7H2,1-2H3,(H,13,16). The molecule has 2 rings (SSSR count). The monoisotopic (exact) mass is 254 g/mol. The van der Waals surface area contributed by atoms with Crippen molar-refractivity contribution < 1.29 is 4.79 Å². The van der Waals surface area contributed by atoms with Gasteiger partial charge in [0.2, 0.25) is 0 Å². The Bertz CT molecular complexity index is 358. The molecular formula is C11H18N4OS. The molecule has 2 amide bonds. The topological polar surface area (TPSA) is 48.5 Å². The van der Waals surface area contributed by atoms with Gasteiger partial charge in [-0.15, -0.1) is 11.3 Å². The SMILES string of the molecule is CC(C)NC(=O)N1CCN(c2nccs2)CC1. The largest absolute Gasteiger partial charge is 0.345 e. The Labute approximate surface area is 105 Å². The van der Waals surface area contributed by atoms with Gasteiger partial charge in [0, 0.05) is 43.8 Å². The second kappa shape index (κ2) is 5.35. The number of rotatable bonds is 2. The van der Waals surface area contributed by atoms with E-state index in [9.17, 15) is 4.79 Å². The maximum absolute atomic E-state index is 11.8. The van der Waals surface area contributed by atoms with Crippen molar-refractivity contribution in [2.45, 2.75) is 19.9 Å². The zero-order valence-corrected chi connectivity index (χ0v) is 11.0. The van der Waals surface area contributed by atoms with Crippen LogP contribution in [0.1, 0.15) is 13.8 Å². The summed E-state index contributed by atoms with van der Waals surface area (Å²) in [6.45, 7) is 7.20. The smallest absolute Gasteiger partial charge is 0.317 e. The zero-order chi connectivity index (χ0) is 12.3. The number of aromatic nitrogens is 1. The van der Waals surface area contributed by atoms with Crippen molar-refractivity contribution in [2.24, 2.45) is 0 Å². The van der Waals surface area contributed by atoms with Gasteiger partial charge in [-0.25, -0.2) is 9.78 Å². The molecule has 1 aliphatic rings. The fraction of sp³-hybridized carbons (Fsp3) is 0.636. The molecule has 94 valence electrons. The molecule has 1 aromatic rings. The number of nitrogens with one attached hydrogen (secondary N) is 1. The number of carbonyl (C=O) groups excluding carboxylic acids is 1. The molecule has 6 heteroatoms. The molecule has 0 bridgehead atoms. The Morgan fingerprint density at radius 3 is 2.65 bits per heavy atom. The second-order valence-corrected chi connectivity index (χ2v) is 5.27. The number of carbonyl (C=O) groups is 1. The van der Waals surface area contributed by atoms with E-state index >= 15 is 0 Å². The summed E-state index contributed by atoms with van der Waals surface area (Å²) in [6, 6.07) is 0.235. The van der Waals surface area contributed by atoms with Crippen LogP contribution in [-0.4, -0.2) is 48.1 Å². The molecule has 0 spiro atoms. The minimum atomic E-state index is 0.0405. The molecule has 1 N–H and O–H groups in total. The third-order valence-corrected chi connectivity index (χ3v) is 3.50. The third kappa shape index (κ3) is 3.09. The van der Waals surface area contributed by atoms with Gasteiger partial charge in [0.1, 0.15) is 0 Å². The summed E-state index contributed by atoms with van der Waals surface area (Å²) in [5, 5.41) is 5.95. The lowest BCUT2D eigenvalue weighted by atomic mass is 10.3. The Kier molecular flexibility index (Phi) is 3.83. The van der Waals surface area contributed by atoms with Crippen molar-refractivity contribution in [3.63, 3.8) is 0 Å². The number of hydrogen-bond donors (Lipinski definition) is 1. The molecule has 1 fully saturated rings. The highest BCUT2D eigenvalue weighted by Gasteiger charge is 2.22. The summed E-state index contributed by atoms with van der Waals surface area (Å²) in [6.07, 6.45) is 1.82. The quantitative estimate of drug-likeness (QED) is 0.867. The predicted molar refractivity (Wildman–Crippen MR) is 69.6 cm³/mol. The van der Waals surface area contributed by atoms with Crippen LogP contribution < -0.4 is 10.2 Å². The number of hydrogen-bond acceptors (Lipinski definition) is 4. The van der Waals surface area contributed by atoms with E-state index in [1.807, 2.05) is 30.3 Å². The molecule has 0 aliphatic carbocycles. The molecule has 2 heterocycles. The van der Waals surface area contributed by atoms with E-state index in [1.165, 1.54) is 0 Å². The normalized spacial score (nSPS) is 16.4. The summed E-state index contributed by atoms with van der Waals surface area (Å²) in [4.78, 5) is 20.2. The van der Waals surface area contributed by atoms with E-state index in [0.29, 0.717) is 0 Å². The molecule has 0 saturated carbocycles. The Morgan fingerprint density at radius 2 is 2.12 bits per heavy atom. The maximum atomic E-state index is 11.8.